The summed E-state index contributed by atoms with van der Waals surface area (Å²) in [5.41, 5.74) is 7.57. The Bertz CT molecular complexity index is 383. The lowest BCUT2D eigenvalue weighted by Crippen LogP contribution is -2.21. The fraction of sp³-hybridized carbons (Fsp3) is 0.417. The molecule has 15 heavy (non-hydrogen) atoms. The number of benzene rings is 1. The third kappa shape index (κ3) is 1.63. The minimum atomic E-state index is 0.0325. The molecule has 0 spiro atoms. The van der Waals surface area contributed by atoms with Crippen LogP contribution in [0.25, 0.3) is 0 Å². The molecule has 1 aliphatic rings. The van der Waals surface area contributed by atoms with E-state index >= 15 is 0 Å². The molecule has 1 saturated carbocycles. The number of hydrogen-bond donors (Lipinski definition) is 1. The van der Waals surface area contributed by atoms with Gasteiger partial charge in [-0.1, -0.05) is 0 Å². The molecule has 0 radical (unpaired) electrons. The third-order valence-electron chi connectivity index (χ3n) is 3.20. The Balaban J connectivity index is 2.47. The van der Waals surface area contributed by atoms with E-state index in [4.69, 9.17) is 10.5 Å². The molecule has 1 fully saturated rings. The Kier molecular flexibility index (Phi) is 2.49. The van der Waals surface area contributed by atoms with Gasteiger partial charge in [0.25, 0.3) is 0 Å². The Labute approximate surface area is 89.2 Å². The molecule has 1 aromatic carbocycles. The van der Waals surface area contributed by atoms with Crippen LogP contribution in [0.5, 0.6) is 5.75 Å². The van der Waals surface area contributed by atoms with E-state index in [1.807, 2.05) is 6.07 Å². The number of aldehydes is 1. The standard InChI is InChI=1S/C12H15NO2/c1-15-10-3-2-9(7-14)11(6-10)12(8-13)4-5-12/h2-3,6-7H,4-5,8,13H2,1H3. The van der Waals surface area contributed by atoms with Crippen LogP contribution in [0, 0.1) is 0 Å². The van der Waals surface area contributed by atoms with Crippen molar-refractivity contribution >= 4 is 6.29 Å². The first-order valence-corrected chi connectivity index (χ1v) is 5.09. The smallest absolute Gasteiger partial charge is 0.150 e. The van der Waals surface area contributed by atoms with Crippen molar-refractivity contribution in [1.82, 2.24) is 0 Å². The fourth-order valence-corrected chi connectivity index (χ4v) is 1.96. The van der Waals surface area contributed by atoms with Gasteiger partial charge in [0.1, 0.15) is 12.0 Å². The van der Waals surface area contributed by atoms with E-state index < -0.39 is 0 Å². The first-order valence-electron chi connectivity index (χ1n) is 5.09. The molecule has 3 heteroatoms. The normalized spacial score (nSPS) is 17.2. The van der Waals surface area contributed by atoms with Gasteiger partial charge in [0.2, 0.25) is 0 Å². The summed E-state index contributed by atoms with van der Waals surface area (Å²) in [5, 5.41) is 0. The highest BCUT2D eigenvalue weighted by molar-refractivity contribution is 5.79. The van der Waals surface area contributed by atoms with E-state index in [1.54, 1.807) is 19.2 Å². The molecule has 0 unspecified atom stereocenters. The molecule has 0 atom stereocenters. The lowest BCUT2D eigenvalue weighted by atomic mass is 9.91. The molecule has 0 amide bonds. The van der Waals surface area contributed by atoms with Crippen LogP contribution in [0.15, 0.2) is 18.2 Å². The maximum Gasteiger partial charge on any atom is 0.150 e. The summed E-state index contributed by atoms with van der Waals surface area (Å²) in [6.07, 6.45) is 3.03. The predicted octanol–water partition coefficient (Wildman–Crippen LogP) is 1.50. The van der Waals surface area contributed by atoms with Crippen molar-refractivity contribution in [2.24, 2.45) is 5.73 Å². The Hall–Kier alpha value is -1.35. The zero-order valence-electron chi connectivity index (χ0n) is 8.82. The van der Waals surface area contributed by atoms with Gasteiger partial charge in [0, 0.05) is 17.5 Å². The summed E-state index contributed by atoms with van der Waals surface area (Å²) in [6.45, 7) is 0.598. The summed E-state index contributed by atoms with van der Waals surface area (Å²) in [4.78, 5) is 10.9. The molecular weight excluding hydrogens is 190 g/mol. The van der Waals surface area contributed by atoms with Crippen LogP contribution >= 0.6 is 0 Å². The number of ether oxygens (including phenoxy) is 1. The SMILES string of the molecule is COc1ccc(C=O)c(C2(CN)CC2)c1. The average molecular weight is 205 g/mol. The second-order valence-corrected chi connectivity index (χ2v) is 4.06. The number of carbonyl (C=O) groups is 1. The summed E-state index contributed by atoms with van der Waals surface area (Å²) in [5.74, 6) is 0.787. The van der Waals surface area contributed by atoms with Crippen LogP contribution < -0.4 is 10.5 Å². The van der Waals surface area contributed by atoms with Crippen LogP contribution in [0.2, 0.25) is 0 Å². The molecular formula is C12H15NO2. The van der Waals surface area contributed by atoms with Crippen molar-refractivity contribution < 1.29 is 9.53 Å². The van der Waals surface area contributed by atoms with E-state index in [0.29, 0.717) is 6.54 Å². The van der Waals surface area contributed by atoms with E-state index in [2.05, 4.69) is 0 Å². The molecule has 0 aromatic heterocycles. The van der Waals surface area contributed by atoms with Crippen molar-refractivity contribution in [3.8, 4) is 5.75 Å². The molecule has 1 aliphatic carbocycles. The van der Waals surface area contributed by atoms with Gasteiger partial charge >= 0.3 is 0 Å². The van der Waals surface area contributed by atoms with Gasteiger partial charge < -0.3 is 10.5 Å². The monoisotopic (exact) mass is 205 g/mol. The summed E-state index contributed by atoms with van der Waals surface area (Å²) >= 11 is 0. The van der Waals surface area contributed by atoms with Crippen molar-refractivity contribution in [3.63, 3.8) is 0 Å². The maximum absolute atomic E-state index is 10.9. The van der Waals surface area contributed by atoms with E-state index in [1.165, 1.54) is 0 Å². The minimum absolute atomic E-state index is 0.0325. The van der Waals surface area contributed by atoms with Gasteiger partial charge in [-0.25, -0.2) is 0 Å². The topological polar surface area (TPSA) is 52.3 Å². The summed E-state index contributed by atoms with van der Waals surface area (Å²) in [7, 11) is 1.63. The van der Waals surface area contributed by atoms with Crippen molar-refractivity contribution in [1.29, 1.82) is 0 Å². The van der Waals surface area contributed by atoms with Crippen LogP contribution in [0.3, 0.4) is 0 Å². The maximum atomic E-state index is 10.9. The molecule has 1 aromatic rings. The lowest BCUT2D eigenvalue weighted by molar-refractivity contribution is 0.112. The quantitative estimate of drug-likeness (QED) is 0.758. The number of methoxy groups -OCH3 is 1. The van der Waals surface area contributed by atoms with Crippen LogP contribution in [0.4, 0.5) is 0 Å². The molecule has 0 heterocycles. The van der Waals surface area contributed by atoms with Crippen molar-refractivity contribution in [2.45, 2.75) is 18.3 Å². The van der Waals surface area contributed by atoms with Gasteiger partial charge in [0.05, 0.1) is 7.11 Å². The van der Waals surface area contributed by atoms with Gasteiger partial charge in [-0.05, 0) is 36.6 Å². The van der Waals surface area contributed by atoms with Crippen LogP contribution in [0.1, 0.15) is 28.8 Å². The molecule has 0 aliphatic heterocycles. The van der Waals surface area contributed by atoms with Gasteiger partial charge in [0.15, 0.2) is 0 Å². The van der Waals surface area contributed by atoms with Crippen molar-refractivity contribution in [3.05, 3.63) is 29.3 Å². The number of hydrogen-bond acceptors (Lipinski definition) is 3. The van der Waals surface area contributed by atoms with Crippen molar-refractivity contribution in [2.75, 3.05) is 13.7 Å². The molecule has 2 N–H and O–H groups in total. The zero-order chi connectivity index (χ0) is 10.9. The summed E-state index contributed by atoms with van der Waals surface area (Å²) < 4.78 is 5.17. The lowest BCUT2D eigenvalue weighted by Gasteiger charge is -2.16. The van der Waals surface area contributed by atoms with Crippen LogP contribution in [-0.4, -0.2) is 19.9 Å². The minimum Gasteiger partial charge on any atom is -0.497 e. The first-order chi connectivity index (χ1) is 7.25. The first kappa shape index (κ1) is 10.2. The number of nitrogens with two attached hydrogens (primary N) is 1. The molecule has 0 saturated heterocycles. The second kappa shape index (κ2) is 3.66. The second-order valence-electron chi connectivity index (χ2n) is 4.06. The van der Waals surface area contributed by atoms with Gasteiger partial charge in [-0.15, -0.1) is 0 Å². The highest BCUT2D eigenvalue weighted by Crippen LogP contribution is 2.48. The zero-order valence-corrected chi connectivity index (χ0v) is 8.82. The predicted molar refractivity (Wildman–Crippen MR) is 58.3 cm³/mol. The third-order valence-corrected chi connectivity index (χ3v) is 3.20. The molecule has 3 nitrogen and oxygen atoms in total. The molecule has 80 valence electrons. The Morgan fingerprint density at radius 3 is 2.73 bits per heavy atom. The highest BCUT2D eigenvalue weighted by atomic mass is 16.5. The average Bonchev–Trinajstić information content (AvgIpc) is 3.09. The highest BCUT2D eigenvalue weighted by Gasteiger charge is 2.44. The fourth-order valence-electron chi connectivity index (χ4n) is 1.96. The number of carbonyl (C=O) groups excluding carboxylic acids is 1. The molecule has 0 bridgehead atoms. The Morgan fingerprint density at radius 2 is 2.27 bits per heavy atom. The van der Waals surface area contributed by atoms with Gasteiger partial charge in [-0.2, -0.15) is 0 Å². The van der Waals surface area contributed by atoms with E-state index in [-0.39, 0.29) is 5.41 Å². The van der Waals surface area contributed by atoms with E-state index in [0.717, 1.165) is 36.0 Å². The summed E-state index contributed by atoms with van der Waals surface area (Å²) in [6, 6.07) is 5.54. The number of rotatable bonds is 4. The van der Waals surface area contributed by atoms with E-state index in [9.17, 15) is 4.79 Å². The Morgan fingerprint density at radius 1 is 1.53 bits per heavy atom. The van der Waals surface area contributed by atoms with Crippen LogP contribution in [-0.2, 0) is 5.41 Å². The molecule has 2 rings (SSSR count). The largest absolute Gasteiger partial charge is 0.497 e. The van der Waals surface area contributed by atoms with Gasteiger partial charge in [-0.3, -0.25) is 4.79 Å².